The first kappa shape index (κ1) is 18.9. The van der Waals surface area contributed by atoms with Crippen molar-refractivity contribution in [1.82, 2.24) is 19.8 Å². The molecular weight excluding hydrogens is 366 g/mol. The Balaban J connectivity index is 1.44. The van der Waals surface area contributed by atoms with E-state index in [1.54, 1.807) is 30.5 Å². The molecular formula is C22H23N5O2. The van der Waals surface area contributed by atoms with Gasteiger partial charge in [-0.2, -0.15) is 0 Å². The van der Waals surface area contributed by atoms with Crippen molar-refractivity contribution in [2.75, 3.05) is 25.5 Å². The van der Waals surface area contributed by atoms with Crippen LogP contribution in [0.25, 0.3) is 11.3 Å². The van der Waals surface area contributed by atoms with Crippen molar-refractivity contribution in [1.29, 1.82) is 0 Å². The number of nitrogens with one attached hydrogen (secondary N) is 1. The predicted molar refractivity (Wildman–Crippen MR) is 111 cm³/mol. The van der Waals surface area contributed by atoms with Crippen molar-refractivity contribution in [3.8, 4) is 11.3 Å². The fourth-order valence-electron chi connectivity index (χ4n) is 3.76. The van der Waals surface area contributed by atoms with Crippen LogP contribution in [-0.4, -0.2) is 51.7 Å². The standard InChI is InChI=1S/C22H23N5O2/c1-14-9-16(11-23-10-14)19-7-6-17(12-24-19)25-20(28)13-27-8-4-5-18-15(2)26(3)22(29)21(18)27/h6-7,9-12H,2,4-5,8,13H2,1,3H3,(H,25,28). The Morgan fingerprint density at radius 3 is 2.83 bits per heavy atom. The van der Waals surface area contributed by atoms with E-state index in [9.17, 15) is 9.59 Å². The molecule has 0 spiro atoms. The number of rotatable bonds is 4. The van der Waals surface area contributed by atoms with Crippen LogP contribution in [0.1, 0.15) is 18.4 Å². The molecule has 0 aliphatic carbocycles. The van der Waals surface area contributed by atoms with Gasteiger partial charge in [-0.15, -0.1) is 0 Å². The molecule has 2 aliphatic heterocycles. The Kier molecular flexibility index (Phi) is 4.88. The van der Waals surface area contributed by atoms with E-state index in [1.807, 2.05) is 30.0 Å². The quantitative estimate of drug-likeness (QED) is 0.870. The van der Waals surface area contributed by atoms with Crippen molar-refractivity contribution in [2.24, 2.45) is 0 Å². The number of aryl methyl sites for hydroxylation is 1. The minimum atomic E-state index is -0.182. The first-order valence-corrected chi connectivity index (χ1v) is 9.57. The topological polar surface area (TPSA) is 78.4 Å². The number of carbonyl (C=O) groups excluding carboxylic acids is 2. The molecule has 7 nitrogen and oxygen atoms in total. The van der Waals surface area contributed by atoms with Crippen LogP contribution in [0, 0.1) is 6.92 Å². The smallest absolute Gasteiger partial charge is 0.274 e. The summed E-state index contributed by atoms with van der Waals surface area (Å²) in [6, 6.07) is 5.69. The lowest BCUT2D eigenvalue weighted by Crippen LogP contribution is -2.38. The van der Waals surface area contributed by atoms with Crippen molar-refractivity contribution in [3.05, 3.63) is 65.9 Å². The van der Waals surface area contributed by atoms with Gasteiger partial charge < -0.3 is 15.1 Å². The molecule has 2 aliphatic rings. The Morgan fingerprint density at radius 1 is 1.28 bits per heavy atom. The van der Waals surface area contributed by atoms with Gasteiger partial charge in [-0.05, 0) is 43.5 Å². The molecule has 0 radical (unpaired) electrons. The van der Waals surface area contributed by atoms with Gasteiger partial charge in [-0.3, -0.25) is 19.6 Å². The monoisotopic (exact) mass is 389 g/mol. The molecule has 2 aromatic rings. The molecule has 0 fully saturated rings. The first-order chi connectivity index (χ1) is 13.9. The van der Waals surface area contributed by atoms with Crippen molar-refractivity contribution in [3.63, 3.8) is 0 Å². The minimum absolute atomic E-state index is 0.0877. The second-order valence-corrected chi connectivity index (χ2v) is 7.39. The highest BCUT2D eigenvalue weighted by atomic mass is 16.2. The number of hydrogen-bond donors (Lipinski definition) is 1. The van der Waals surface area contributed by atoms with Crippen LogP contribution in [0.15, 0.2) is 60.3 Å². The average Bonchev–Trinajstić information content (AvgIpc) is 2.93. The number of likely N-dealkylation sites (N-methyl/N-ethyl adjacent to an activating group) is 1. The molecule has 4 heterocycles. The largest absolute Gasteiger partial charge is 0.357 e. The Bertz CT molecular complexity index is 1030. The van der Waals surface area contributed by atoms with Crippen LogP contribution in [0.4, 0.5) is 5.69 Å². The summed E-state index contributed by atoms with van der Waals surface area (Å²) in [4.78, 5) is 37.1. The van der Waals surface area contributed by atoms with E-state index in [0.717, 1.165) is 40.9 Å². The second kappa shape index (κ2) is 7.50. The van der Waals surface area contributed by atoms with Crippen LogP contribution in [0.2, 0.25) is 0 Å². The number of aromatic nitrogens is 2. The van der Waals surface area contributed by atoms with Crippen LogP contribution >= 0.6 is 0 Å². The highest BCUT2D eigenvalue weighted by Gasteiger charge is 2.37. The van der Waals surface area contributed by atoms with E-state index in [0.29, 0.717) is 17.9 Å². The van der Waals surface area contributed by atoms with Crippen molar-refractivity contribution in [2.45, 2.75) is 19.8 Å². The summed E-state index contributed by atoms with van der Waals surface area (Å²) >= 11 is 0. The van der Waals surface area contributed by atoms with Crippen LogP contribution in [0.5, 0.6) is 0 Å². The van der Waals surface area contributed by atoms with Crippen molar-refractivity contribution < 1.29 is 9.59 Å². The summed E-state index contributed by atoms with van der Waals surface area (Å²) in [6.07, 6.45) is 6.90. The summed E-state index contributed by atoms with van der Waals surface area (Å²) in [6.45, 7) is 6.78. The fraction of sp³-hybridized carbons (Fsp3) is 0.273. The van der Waals surface area contributed by atoms with E-state index in [2.05, 4.69) is 21.9 Å². The predicted octanol–water partition coefficient (Wildman–Crippen LogP) is 2.73. The van der Waals surface area contributed by atoms with Crippen LogP contribution in [0.3, 0.4) is 0 Å². The Morgan fingerprint density at radius 2 is 2.10 bits per heavy atom. The zero-order chi connectivity index (χ0) is 20.5. The maximum absolute atomic E-state index is 12.6. The van der Waals surface area contributed by atoms with Crippen LogP contribution < -0.4 is 5.32 Å². The lowest BCUT2D eigenvalue weighted by atomic mass is 10.0. The highest BCUT2D eigenvalue weighted by Crippen LogP contribution is 2.35. The number of carbonyl (C=O) groups is 2. The molecule has 0 saturated carbocycles. The van der Waals surface area contributed by atoms with Gasteiger partial charge in [0.2, 0.25) is 5.91 Å². The molecule has 0 bridgehead atoms. The van der Waals surface area contributed by atoms with Gasteiger partial charge in [0.25, 0.3) is 5.91 Å². The molecule has 0 saturated heterocycles. The number of hydrogen-bond acceptors (Lipinski definition) is 5. The van der Waals surface area contributed by atoms with Gasteiger partial charge in [0.1, 0.15) is 5.70 Å². The van der Waals surface area contributed by atoms with E-state index >= 15 is 0 Å². The van der Waals surface area contributed by atoms with Gasteiger partial charge in [-0.25, -0.2) is 0 Å². The molecule has 7 heteroatoms. The van der Waals surface area contributed by atoms with Gasteiger partial charge in [-0.1, -0.05) is 6.58 Å². The first-order valence-electron chi connectivity index (χ1n) is 9.57. The molecule has 1 N–H and O–H groups in total. The molecule has 2 amide bonds. The Labute approximate surface area is 169 Å². The molecule has 148 valence electrons. The van der Waals surface area contributed by atoms with Gasteiger partial charge in [0.05, 0.1) is 24.1 Å². The average molecular weight is 389 g/mol. The van der Waals surface area contributed by atoms with E-state index in [-0.39, 0.29) is 18.4 Å². The molecule has 29 heavy (non-hydrogen) atoms. The number of anilines is 1. The normalized spacial score (nSPS) is 16.3. The second-order valence-electron chi connectivity index (χ2n) is 7.39. The van der Waals surface area contributed by atoms with E-state index < -0.39 is 0 Å². The lowest BCUT2D eigenvalue weighted by Gasteiger charge is -2.28. The van der Waals surface area contributed by atoms with Gasteiger partial charge >= 0.3 is 0 Å². The number of allylic oxidation sites excluding steroid dienone is 1. The maximum Gasteiger partial charge on any atom is 0.274 e. The van der Waals surface area contributed by atoms with Gasteiger partial charge in [0.15, 0.2) is 0 Å². The third-order valence-electron chi connectivity index (χ3n) is 5.27. The number of nitrogens with zero attached hydrogens (tertiary/aromatic N) is 4. The van der Waals surface area contributed by atoms with Crippen molar-refractivity contribution >= 4 is 17.5 Å². The molecule has 2 aromatic heterocycles. The lowest BCUT2D eigenvalue weighted by molar-refractivity contribution is -0.125. The molecule has 0 aromatic carbocycles. The number of amides is 2. The molecule has 0 unspecified atom stereocenters. The van der Waals surface area contributed by atoms with Crippen LogP contribution in [-0.2, 0) is 9.59 Å². The van der Waals surface area contributed by atoms with E-state index in [1.165, 1.54) is 0 Å². The maximum atomic E-state index is 12.6. The summed E-state index contributed by atoms with van der Waals surface area (Å²) in [7, 11) is 1.72. The highest BCUT2D eigenvalue weighted by molar-refractivity contribution is 6.01. The summed E-state index contributed by atoms with van der Waals surface area (Å²) in [5, 5.41) is 2.87. The Hall–Kier alpha value is -3.48. The third-order valence-corrected chi connectivity index (χ3v) is 5.27. The number of pyridine rings is 2. The van der Waals surface area contributed by atoms with E-state index in [4.69, 9.17) is 0 Å². The third kappa shape index (κ3) is 3.63. The summed E-state index contributed by atoms with van der Waals surface area (Å²) in [5.41, 5.74) is 5.70. The zero-order valence-electron chi connectivity index (χ0n) is 16.6. The summed E-state index contributed by atoms with van der Waals surface area (Å²) < 4.78 is 0. The SMILES string of the molecule is C=C1C2=C(C(=O)N1C)N(CC(=O)Nc1ccc(-c3cncc(C)c3)nc1)CCC2. The summed E-state index contributed by atoms with van der Waals surface area (Å²) in [5.74, 6) is -0.270. The van der Waals surface area contributed by atoms with Gasteiger partial charge in [0, 0.05) is 42.8 Å². The zero-order valence-corrected chi connectivity index (χ0v) is 16.6. The molecule has 4 rings (SSSR count). The fourth-order valence-corrected chi connectivity index (χ4v) is 3.76. The molecule has 0 atom stereocenters. The minimum Gasteiger partial charge on any atom is -0.357 e.